The van der Waals surface area contributed by atoms with Crippen LogP contribution in [-0.2, 0) is 11.2 Å². The maximum Gasteiger partial charge on any atom is 0.222 e. The number of carbonyl (C=O) groups excluding carboxylic acids is 1. The summed E-state index contributed by atoms with van der Waals surface area (Å²) in [7, 11) is 3.77. The summed E-state index contributed by atoms with van der Waals surface area (Å²) in [6.45, 7) is 2.56. The molecule has 30 heavy (non-hydrogen) atoms. The number of ether oxygens (including phenoxy) is 1. The second kappa shape index (κ2) is 9.80. The maximum absolute atomic E-state index is 13.7. The van der Waals surface area contributed by atoms with Gasteiger partial charge in [0.15, 0.2) is 0 Å². The molecule has 4 nitrogen and oxygen atoms in total. The third-order valence-corrected chi connectivity index (χ3v) is 6.45. The van der Waals surface area contributed by atoms with Crippen molar-refractivity contribution in [1.29, 1.82) is 0 Å². The highest BCUT2D eigenvalue weighted by atomic mass is 35.5. The van der Waals surface area contributed by atoms with Gasteiger partial charge in [0.1, 0.15) is 11.6 Å². The highest BCUT2D eigenvalue weighted by molar-refractivity contribution is 5.85. The first-order valence-electron chi connectivity index (χ1n) is 10.4. The Kier molecular flexibility index (Phi) is 7.37. The molecule has 0 aliphatic carbocycles. The number of nitrogens with zero attached hydrogens (tertiary/aromatic N) is 2. The number of fused-ring (bicyclic) bond motifs is 1. The average molecular weight is 433 g/mol. The van der Waals surface area contributed by atoms with Crippen LogP contribution in [0.5, 0.6) is 5.75 Å². The minimum Gasteiger partial charge on any atom is -0.497 e. The lowest BCUT2D eigenvalue weighted by molar-refractivity contribution is -0.130. The summed E-state index contributed by atoms with van der Waals surface area (Å²) in [6, 6.07) is 15.1. The van der Waals surface area contributed by atoms with Gasteiger partial charge in [-0.1, -0.05) is 24.3 Å². The number of likely N-dealkylation sites (tertiary alicyclic amines) is 2. The van der Waals surface area contributed by atoms with E-state index in [0.717, 1.165) is 43.8 Å². The number of amides is 1. The Morgan fingerprint density at radius 1 is 1.13 bits per heavy atom. The zero-order chi connectivity index (χ0) is 20.4. The van der Waals surface area contributed by atoms with Crippen LogP contribution in [0.2, 0.25) is 0 Å². The van der Waals surface area contributed by atoms with Gasteiger partial charge < -0.3 is 9.64 Å². The lowest BCUT2D eigenvalue weighted by Gasteiger charge is -2.27. The molecule has 2 aromatic rings. The van der Waals surface area contributed by atoms with Crippen molar-refractivity contribution < 1.29 is 13.9 Å². The van der Waals surface area contributed by atoms with Crippen molar-refractivity contribution in [3.05, 3.63) is 65.5 Å². The molecular weight excluding hydrogens is 403 g/mol. The highest BCUT2D eigenvalue weighted by Gasteiger charge is 2.47. The molecule has 0 radical (unpaired) electrons. The second-order valence-corrected chi connectivity index (χ2v) is 8.36. The molecule has 0 bridgehead atoms. The van der Waals surface area contributed by atoms with Gasteiger partial charge in [-0.05, 0) is 61.2 Å². The Labute approximate surface area is 184 Å². The molecule has 0 spiro atoms. The Hall–Kier alpha value is -2.11. The topological polar surface area (TPSA) is 32.8 Å². The molecule has 0 aromatic heterocycles. The Morgan fingerprint density at radius 2 is 1.90 bits per heavy atom. The maximum atomic E-state index is 13.7. The van der Waals surface area contributed by atoms with Crippen LogP contribution in [0.25, 0.3) is 0 Å². The average Bonchev–Trinajstić information content (AvgIpc) is 3.25. The molecule has 2 aromatic carbocycles. The van der Waals surface area contributed by atoms with Gasteiger partial charge in [0.2, 0.25) is 5.91 Å². The van der Waals surface area contributed by atoms with Crippen molar-refractivity contribution in [1.82, 2.24) is 9.80 Å². The number of rotatable bonds is 6. The molecule has 2 aliphatic heterocycles. The van der Waals surface area contributed by atoms with Gasteiger partial charge in [0.25, 0.3) is 0 Å². The van der Waals surface area contributed by atoms with Crippen LogP contribution in [0.15, 0.2) is 48.5 Å². The van der Waals surface area contributed by atoms with Gasteiger partial charge in [0.05, 0.1) is 7.11 Å². The quantitative estimate of drug-likeness (QED) is 0.680. The number of aryl methyl sites for hydroxylation is 1. The molecule has 162 valence electrons. The molecular formula is C24H30ClFN2O2. The molecule has 6 heteroatoms. The Morgan fingerprint density at radius 3 is 2.60 bits per heavy atom. The summed E-state index contributed by atoms with van der Waals surface area (Å²) >= 11 is 0. The van der Waals surface area contributed by atoms with Crippen LogP contribution in [0.1, 0.15) is 30.0 Å². The normalized spacial score (nSPS) is 23.2. The fraction of sp³-hybridized carbons (Fsp3) is 0.458. The summed E-state index contributed by atoms with van der Waals surface area (Å²) in [5.41, 5.74) is 2.25. The molecule has 4 rings (SSSR count). The van der Waals surface area contributed by atoms with Gasteiger partial charge in [-0.25, -0.2) is 4.39 Å². The number of carbonyl (C=O) groups is 1. The van der Waals surface area contributed by atoms with Crippen molar-refractivity contribution in [2.24, 2.45) is 11.8 Å². The molecule has 0 N–H and O–H groups in total. The lowest BCUT2D eigenvalue weighted by Crippen LogP contribution is -2.33. The third-order valence-electron chi connectivity index (χ3n) is 6.45. The standard InChI is InChI=1S/C24H29FN2O2.ClH/c1-26-14-19-15-27(16-22(19)24(26)18-6-4-7-20(25)13-18)23(28)8-3-5-17-9-11-21(29-2)12-10-17;/h4,6-7,9-13,19,22,24H,3,5,8,14-16H2,1-2H3;1H/t19-,22+,24-;/m0./s1. The predicted molar refractivity (Wildman–Crippen MR) is 119 cm³/mol. The van der Waals surface area contributed by atoms with Crippen LogP contribution < -0.4 is 4.74 Å². The first-order chi connectivity index (χ1) is 14.0. The highest BCUT2D eigenvalue weighted by Crippen LogP contribution is 2.44. The Bertz CT molecular complexity index is 861. The van der Waals surface area contributed by atoms with Gasteiger partial charge in [0, 0.05) is 38.0 Å². The zero-order valence-electron chi connectivity index (χ0n) is 17.6. The number of methoxy groups -OCH3 is 1. The van der Waals surface area contributed by atoms with E-state index in [4.69, 9.17) is 4.74 Å². The van der Waals surface area contributed by atoms with Crippen LogP contribution in [-0.4, -0.2) is 49.5 Å². The molecule has 2 aliphatic rings. The number of hydrogen-bond acceptors (Lipinski definition) is 3. The lowest BCUT2D eigenvalue weighted by atomic mass is 9.89. The summed E-state index contributed by atoms with van der Waals surface area (Å²) in [5.74, 6) is 1.76. The summed E-state index contributed by atoms with van der Waals surface area (Å²) in [5, 5.41) is 0. The molecule has 1 amide bonds. The molecule has 2 saturated heterocycles. The van der Waals surface area contributed by atoms with Crippen LogP contribution >= 0.6 is 12.4 Å². The minimum atomic E-state index is -0.191. The van der Waals surface area contributed by atoms with Crippen molar-refractivity contribution >= 4 is 18.3 Å². The van der Waals surface area contributed by atoms with Crippen LogP contribution in [0, 0.1) is 17.7 Å². The number of halogens is 2. The largest absolute Gasteiger partial charge is 0.497 e. The van der Waals surface area contributed by atoms with Gasteiger partial charge >= 0.3 is 0 Å². The van der Waals surface area contributed by atoms with Gasteiger partial charge in [-0.2, -0.15) is 0 Å². The fourth-order valence-electron chi connectivity index (χ4n) is 5.05. The smallest absolute Gasteiger partial charge is 0.222 e. The van der Waals surface area contributed by atoms with Gasteiger partial charge in [-0.3, -0.25) is 9.69 Å². The summed E-state index contributed by atoms with van der Waals surface area (Å²) in [6.07, 6.45) is 2.32. The zero-order valence-corrected chi connectivity index (χ0v) is 18.4. The summed E-state index contributed by atoms with van der Waals surface area (Å²) < 4.78 is 18.9. The fourth-order valence-corrected chi connectivity index (χ4v) is 5.05. The molecule has 2 fully saturated rings. The summed E-state index contributed by atoms with van der Waals surface area (Å²) in [4.78, 5) is 17.1. The predicted octanol–water partition coefficient (Wildman–Crippen LogP) is 4.34. The van der Waals surface area contributed by atoms with E-state index in [2.05, 4.69) is 24.1 Å². The first kappa shape index (κ1) is 22.6. The van der Waals surface area contributed by atoms with Crippen LogP contribution in [0.3, 0.4) is 0 Å². The minimum absolute atomic E-state index is 0. The van der Waals surface area contributed by atoms with Gasteiger partial charge in [-0.15, -0.1) is 12.4 Å². The third kappa shape index (κ3) is 4.79. The Balaban J connectivity index is 0.00000256. The van der Waals surface area contributed by atoms with Crippen molar-refractivity contribution in [3.63, 3.8) is 0 Å². The van der Waals surface area contributed by atoms with Crippen molar-refractivity contribution in [2.45, 2.75) is 25.3 Å². The van der Waals surface area contributed by atoms with E-state index in [0.29, 0.717) is 18.3 Å². The monoisotopic (exact) mass is 432 g/mol. The van der Waals surface area contributed by atoms with Crippen LogP contribution in [0.4, 0.5) is 4.39 Å². The van der Waals surface area contributed by atoms with E-state index < -0.39 is 0 Å². The molecule has 3 atom stereocenters. The van der Waals surface area contributed by atoms with E-state index in [1.54, 1.807) is 19.2 Å². The number of hydrogen-bond donors (Lipinski definition) is 0. The van der Waals surface area contributed by atoms with Crippen molar-refractivity contribution in [3.8, 4) is 5.75 Å². The molecule has 0 saturated carbocycles. The van der Waals surface area contributed by atoms with E-state index in [1.165, 1.54) is 11.6 Å². The van der Waals surface area contributed by atoms with E-state index in [9.17, 15) is 9.18 Å². The molecule has 0 unspecified atom stereocenters. The van der Waals surface area contributed by atoms with Crippen molar-refractivity contribution in [2.75, 3.05) is 33.8 Å². The molecule has 2 heterocycles. The second-order valence-electron chi connectivity index (χ2n) is 8.36. The van der Waals surface area contributed by atoms with E-state index >= 15 is 0 Å². The first-order valence-corrected chi connectivity index (χ1v) is 10.4. The van der Waals surface area contributed by atoms with E-state index in [1.807, 2.05) is 23.1 Å². The number of benzene rings is 2. The SMILES string of the molecule is COc1ccc(CCCC(=O)N2C[C@@H]3CN(C)[C@@H](c4cccc(F)c4)[C@@H]3C2)cc1.Cl. The van der Waals surface area contributed by atoms with E-state index in [-0.39, 0.29) is 30.2 Å².